The van der Waals surface area contributed by atoms with Crippen LogP contribution in [0.25, 0.3) is 0 Å². The molecule has 4 nitrogen and oxygen atoms in total. The largest absolute Gasteiger partial charge is 0.403 e. The van der Waals surface area contributed by atoms with E-state index in [-0.39, 0.29) is 5.82 Å². The quantitative estimate of drug-likeness (QED) is 0.764. The minimum absolute atomic E-state index is 0.146. The number of nitrogens with zero attached hydrogens (tertiary/aromatic N) is 4. The molecule has 0 aliphatic carbocycles. The van der Waals surface area contributed by atoms with Gasteiger partial charge in [-0.25, -0.2) is 4.98 Å². The van der Waals surface area contributed by atoms with Crippen LogP contribution < -0.4 is 0 Å². The lowest BCUT2D eigenvalue weighted by Gasteiger charge is -2.12. The highest BCUT2D eigenvalue weighted by Gasteiger charge is 2.38. The highest BCUT2D eigenvalue weighted by molar-refractivity contribution is 9.09. The van der Waals surface area contributed by atoms with Crippen LogP contribution in [0.2, 0.25) is 0 Å². The third-order valence-electron chi connectivity index (χ3n) is 1.34. The Labute approximate surface area is 85.5 Å². The summed E-state index contributed by atoms with van der Waals surface area (Å²) in [6.07, 6.45) is -3.25. The standard InChI is InChI=1S/C6H4BrF3N4/c7-4(6(8,9)10)2-14-3-12-5(1-11)13-14/h3-4H,2H2. The topological polar surface area (TPSA) is 54.5 Å². The van der Waals surface area contributed by atoms with Crippen molar-refractivity contribution < 1.29 is 13.2 Å². The average Bonchev–Trinajstić information content (AvgIpc) is 2.50. The molecule has 0 amide bonds. The van der Waals surface area contributed by atoms with Gasteiger partial charge in [-0.1, -0.05) is 15.9 Å². The molecule has 1 aromatic heterocycles. The molecule has 0 saturated heterocycles. The molecule has 0 bridgehead atoms. The van der Waals surface area contributed by atoms with E-state index in [0.717, 1.165) is 11.0 Å². The lowest BCUT2D eigenvalue weighted by Crippen LogP contribution is -2.27. The molecular weight excluding hydrogens is 265 g/mol. The first-order chi connectivity index (χ1) is 6.43. The second kappa shape index (κ2) is 3.96. The lowest BCUT2D eigenvalue weighted by atomic mass is 10.4. The van der Waals surface area contributed by atoms with E-state index in [9.17, 15) is 13.2 Å². The molecule has 0 spiro atoms. The Bertz CT molecular complexity index is 353. The van der Waals surface area contributed by atoms with Gasteiger partial charge in [0.1, 0.15) is 17.2 Å². The number of halogens is 4. The van der Waals surface area contributed by atoms with Gasteiger partial charge in [0.2, 0.25) is 0 Å². The molecule has 0 radical (unpaired) electrons. The summed E-state index contributed by atoms with van der Waals surface area (Å²) in [7, 11) is 0. The Morgan fingerprint density at radius 2 is 2.29 bits per heavy atom. The van der Waals surface area contributed by atoms with Crippen molar-refractivity contribution in [3.63, 3.8) is 0 Å². The molecule has 1 rings (SSSR count). The van der Waals surface area contributed by atoms with Crippen molar-refractivity contribution in [3.05, 3.63) is 12.2 Å². The van der Waals surface area contributed by atoms with Gasteiger partial charge in [-0.05, 0) is 0 Å². The minimum atomic E-state index is -4.33. The van der Waals surface area contributed by atoms with Gasteiger partial charge in [-0.15, -0.1) is 5.10 Å². The Morgan fingerprint density at radius 1 is 1.64 bits per heavy atom. The highest BCUT2D eigenvalue weighted by atomic mass is 79.9. The fourth-order valence-corrected chi connectivity index (χ4v) is 0.998. The fourth-order valence-electron chi connectivity index (χ4n) is 0.702. The first-order valence-corrected chi connectivity index (χ1v) is 4.35. The van der Waals surface area contributed by atoms with E-state index < -0.39 is 17.5 Å². The van der Waals surface area contributed by atoms with E-state index in [2.05, 4.69) is 26.0 Å². The predicted molar refractivity (Wildman–Crippen MR) is 43.5 cm³/mol. The fraction of sp³-hybridized carbons (Fsp3) is 0.500. The van der Waals surface area contributed by atoms with Gasteiger partial charge in [0.05, 0.1) is 6.54 Å². The van der Waals surface area contributed by atoms with Crippen LogP contribution in [-0.4, -0.2) is 25.8 Å². The summed E-state index contributed by atoms with van der Waals surface area (Å²) in [5, 5.41) is 11.8. The van der Waals surface area contributed by atoms with E-state index in [4.69, 9.17) is 5.26 Å². The Morgan fingerprint density at radius 3 is 2.71 bits per heavy atom. The molecule has 76 valence electrons. The molecular formula is C6H4BrF3N4. The van der Waals surface area contributed by atoms with Crippen molar-refractivity contribution in [1.82, 2.24) is 14.8 Å². The van der Waals surface area contributed by atoms with Crippen LogP contribution in [0.4, 0.5) is 13.2 Å². The van der Waals surface area contributed by atoms with Gasteiger partial charge < -0.3 is 0 Å². The monoisotopic (exact) mass is 268 g/mol. The summed E-state index contributed by atoms with van der Waals surface area (Å²) in [5.74, 6) is -0.146. The summed E-state index contributed by atoms with van der Waals surface area (Å²) >= 11 is 2.47. The van der Waals surface area contributed by atoms with Crippen molar-refractivity contribution in [3.8, 4) is 6.07 Å². The van der Waals surface area contributed by atoms with Crippen molar-refractivity contribution in [2.24, 2.45) is 0 Å². The molecule has 1 aromatic rings. The zero-order chi connectivity index (χ0) is 10.8. The number of alkyl halides is 4. The zero-order valence-corrected chi connectivity index (χ0v) is 8.25. The average molecular weight is 269 g/mol. The number of nitriles is 1. The number of hydrogen-bond acceptors (Lipinski definition) is 3. The Hall–Kier alpha value is -1.10. The maximum Gasteiger partial charge on any atom is 0.403 e. The van der Waals surface area contributed by atoms with Crippen molar-refractivity contribution >= 4 is 15.9 Å². The van der Waals surface area contributed by atoms with Gasteiger partial charge in [-0.3, -0.25) is 4.68 Å². The smallest absolute Gasteiger partial charge is 0.250 e. The normalized spacial score (nSPS) is 13.6. The third-order valence-corrected chi connectivity index (χ3v) is 2.15. The Kier molecular flexibility index (Phi) is 3.10. The minimum Gasteiger partial charge on any atom is -0.250 e. The van der Waals surface area contributed by atoms with E-state index in [1.165, 1.54) is 0 Å². The van der Waals surface area contributed by atoms with E-state index in [1.807, 2.05) is 0 Å². The number of aromatic nitrogens is 3. The van der Waals surface area contributed by atoms with Crippen molar-refractivity contribution in [1.29, 1.82) is 5.26 Å². The molecule has 1 unspecified atom stereocenters. The van der Waals surface area contributed by atoms with Gasteiger partial charge in [-0.2, -0.15) is 18.4 Å². The molecule has 8 heteroatoms. The molecule has 0 aromatic carbocycles. The Balaban J connectivity index is 2.66. The van der Waals surface area contributed by atoms with Gasteiger partial charge in [0.25, 0.3) is 5.82 Å². The molecule has 1 atom stereocenters. The summed E-state index contributed by atoms with van der Waals surface area (Å²) in [5.41, 5.74) is 0. The predicted octanol–water partition coefficient (Wildman–Crippen LogP) is 1.48. The van der Waals surface area contributed by atoms with Crippen LogP contribution in [0.3, 0.4) is 0 Å². The molecule has 0 N–H and O–H groups in total. The lowest BCUT2D eigenvalue weighted by molar-refractivity contribution is -0.129. The molecule has 0 fully saturated rings. The zero-order valence-electron chi connectivity index (χ0n) is 6.66. The molecule has 14 heavy (non-hydrogen) atoms. The summed E-state index contributed by atoms with van der Waals surface area (Å²) in [6.45, 7) is -0.405. The van der Waals surface area contributed by atoms with Crippen LogP contribution in [0.5, 0.6) is 0 Å². The van der Waals surface area contributed by atoms with Crippen LogP contribution in [0.1, 0.15) is 5.82 Å². The number of hydrogen-bond donors (Lipinski definition) is 0. The van der Waals surface area contributed by atoms with Crippen LogP contribution in [-0.2, 0) is 6.54 Å². The second-order valence-electron chi connectivity index (χ2n) is 2.41. The maximum absolute atomic E-state index is 12.1. The first kappa shape index (κ1) is 11.0. The highest BCUT2D eigenvalue weighted by Crippen LogP contribution is 2.27. The summed E-state index contributed by atoms with van der Waals surface area (Å²) < 4.78 is 37.1. The van der Waals surface area contributed by atoms with Crippen LogP contribution >= 0.6 is 15.9 Å². The molecule has 0 aliphatic heterocycles. The van der Waals surface area contributed by atoms with E-state index in [0.29, 0.717) is 0 Å². The van der Waals surface area contributed by atoms with Crippen LogP contribution in [0, 0.1) is 11.3 Å². The SMILES string of the molecule is N#Cc1ncn(CC(Br)C(F)(F)F)n1. The van der Waals surface area contributed by atoms with Gasteiger partial charge >= 0.3 is 6.18 Å². The van der Waals surface area contributed by atoms with Gasteiger partial charge in [0.15, 0.2) is 0 Å². The maximum atomic E-state index is 12.1. The van der Waals surface area contributed by atoms with E-state index >= 15 is 0 Å². The molecule has 1 heterocycles. The summed E-state index contributed by atoms with van der Waals surface area (Å²) in [4.78, 5) is 1.78. The molecule has 0 saturated carbocycles. The molecule has 0 aliphatic rings. The van der Waals surface area contributed by atoms with Crippen molar-refractivity contribution in [2.75, 3.05) is 0 Å². The third kappa shape index (κ3) is 2.70. The van der Waals surface area contributed by atoms with E-state index in [1.54, 1.807) is 6.07 Å². The van der Waals surface area contributed by atoms with Gasteiger partial charge in [0, 0.05) is 0 Å². The second-order valence-corrected chi connectivity index (χ2v) is 3.52. The van der Waals surface area contributed by atoms with Crippen molar-refractivity contribution in [2.45, 2.75) is 17.5 Å². The number of rotatable bonds is 2. The summed E-state index contributed by atoms with van der Waals surface area (Å²) in [6, 6.07) is 1.62. The van der Waals surface area contributed by atoms with Crippen LogP contribution in [0.15, 0.2) is 6.33 Å². The first-order valence-electron chi connectivity index (χ1n) is 3.44.